The van der Waals surface area contributed by atoms with Crippen LogP contribution in [0.4, 0.5) is 0 Å². The Kier molecular flexibility index (Phi) is 5.87. The van der Waals surface area contributed by atoms with E-state index in [9.17, 15) is 4.79 Å². The van der Waals surface area contributed by atoms with Crippen LogP contribution in [0.1, 0.15) is 31.7 Å². The molecule has 2 rings (SSSR count). The summed E-state index contributed by atoms with van der Waals surface area (Å²) in [6, 6.07) is 7.95. The van der Waals surface area contributed by atoms with Crippen LogP contribution < -0.4 is 15.4 Å². The van der Waals surface area contributed by atoms with E-state index in [2.05, 4.69) is 17.6 Å². The van der Waals surface area contributed by atoms with E-state index in [0.717, 1.165) is 50.3 Å². The first-order valence-electron chi connectivity index (χ1n) is 7.49. The lowest BCUT2D eigenvalue weighted by Crippen LogP contribution is -2.31. The van der Waals surface area contributed by atoms with E-state index in [1.165, 1.54) is 0 Å². The van der Waals surface area contributed by atoms with Gasteiger partial charge in [0.2, 0.25) is 5.91 Å². The van der Waals surface area contributed by atoms with Crippen molar-refractivity contribution in [2.45, 2.75) is 32.7 Å². The van der Waals surface area contributed by atoms with E-state index in [1.807, 2.05) is 24.3 Å². The van der Waals surface area contributed by atoms with E-state index in [-0.39, 0.29) is 11.8 Å². The number of hydrogen-bond donors (Lipinski definition) is 2. The number of hydrogen-bond acceptors (Lipinski definition) is 3. The Morgan fingerprint density at radius 1 is 1.50 bits per heavy atom. The number of unbranched alkanes of at least 4 members (excludes halogenated alkanes) is 1. The lowest BCUT2D eigenvalue weighted by atomic mass is 10.1. The number of carbonyl (C=O) groups excluding carboxylic acids is 1. The largest absolute Gasteiger partial charge is 0.494 e. The van der Waals surface area contributed by atoms with Gasteiger partial charge in [-0.1, -0.05) is 25.5 Å². The van der Waals surface area contributed by atoms with Gasteiger partial charge in [-0.05, 0) is 37.1 Å². The fourth-order valence-corrected chi connectivity index (χ4v) is 2.29. The number of amides is 1. The average Bonchev–Trinajstić information content (AvgIpc) is 3.00. The molecule has 0 radical (unpaired) electrons. The maximum absolute atomic E-state index is 11.9. The van der Waals surface area contributed by atoms with Crippen LogP contribution in [0.3, 0.4) is 0 Å². The highest BCUT2D eigenvalue weighted by Crippen LogP contribution is 2.14. The molecule has 1 atom stereocenters. The first-order chi connectivity index (χ1) is 9.79. The number of benzene rings is 1. The van der Waals surface area contributed by atoms with Crippen molar-refractivity contribution in [3.8, 4) is 5.75 Å². The third kappa shape index (κ3) is 4.53. The van der Waals surface area contributed by atoms with Gasteiger partial charge in [-0.2, -0.15) is 0 Å². The average molecular weight is 276 g/mol. The third-order valence-electron chi connectivity index (χ3n) is 3.56. The molecule has 1 aromatic carbocycles. The van der Waals surface area contributed by atoms with Gasteiger partial charge in [0.05, 0.1) is 12.5 Å². The van der Waals surface area contributed by atoms with Gasteiger partial charge in [0.15, 0.2) is 0 Å². The van der Waals surface area contributed by atoms with Crippen molar-refractivity contribution in [2.75, 3.05) is 19.7 Å². The molecule has 20 heavy (non-hydrogen) atoms. The van der Waals surface area contributed by atoms with E-state index >= 15 is 0 Å². The van der Waals surface area contributed by atoms with Crippen LogP contribution in [0.15, 0.2) is 24.3 Å². The SMILES string of the molecule is CCCCOc1cccc(CNC(=O)C2CCNC2)c1. The summed E-state index contributed by atoms with van der Waals surface area (Å²) >= 11 is 0. The van der Waals surface area contributed by atoms with Crippen molar-refractivity contribution < 1.29 is 9.53 Å². The van der Waals surface area contributed by atoms with E-state index in [0.29, 0.717) is 6.54 Å². The summed E-state index contributed by atoms with van der Waals surface area (Å²) in [5, 5.41) is 6.21. The molecule has 0 saturated carbocycles. The predicted octanol–water partition coefficient (Wildman–Crippen LogP) is 2.09. The van der Waals surface area contributed by atoms with Crippen molar-refractivity contribution in [3.05, 3.63) is 29.8 Å². The zero-order valence-electron chi connectivity index (χ0n) is 12.2. The molecule has 4 nitrogen and oxygen atoms in total. The van der Waals surface area contributed by atoms with Crippen LogP contribution >= 0.6 is 0 Å². The van der Waals surface area contributed by atoms with E-state index in [1.54, 1.807) is 0 Å². The van der Waals surface area contributed by atoms with Crippen molar-refractivity contribution in [1.82, 2.24) is 10.6 Å². The maximum Gasteiger partial charge on any atom is 0.224 e. The summed E-state index contributed by atoms with van der Waals surface area (Å²) in [5.74, 6) is 1.15. The molecule has 1 fully saturated rings. The van der Waals surface area contributed by atoms with Crippen LogP contribution in [0.25, 0.3) is 0 Å². The molecule has 1 aliphatic heterocycles. The predicted molar refractivity (Wildman–Crippen MR) is 79.7 cm³/mol. The maximum atomic E-state index is 11.9. The first-order valence-corrected chi connectivity index (χ1v) is 7.49. The molecule has 110 valence electrons. The molecule has 0 spiro atoms. The van der Waals surface area contributed by atoms with Crippen LogP contribution in [-0.2, 0) is 11.3 Å². The Bertz CT molecular complexity index is 428. The van der Waals surface area contributed by atoms with Gasteiger partial charge in [0.1, 0.15) is 5.75 Å². The minimum absolute atomic E-state index is 0.124. The van der Waals surface area contributed by atoms with Gasteiger partial charge in [0.25, 0.3) is 0 Å². The van der Waals surface area contributed by atoms with Gasteiger partial charge >= 0.3 is 0 Å². The fourth-order valence-electron chi connectivity index (χ4n) is 2.29. The second-order valence-corrected chi connectivity index (χ2v) is 5.26. The number of rotatable bonds is 7. The Balaban J connectivity index is 1.79. The molecule has 0 aliphatic carbocycles. The van der Waals surface area contributed by atoms with Crippen molar-refractivity contribution in [2.24, 2.45) is 5.92 Å². The molecule has 1 aliphatic rings. The van der Waals surface area contributed by atoms with Gasteiger partial charge in [-0.3, -0.25) is 4.79 Å². The summed E-state index contributed by atoms with van der Waals surface area (Å²) in [6.07, 6.45) is 3.13. The van der Waals surface area contributed by atoms with Crippen LogP contribution in [-0.4, -0.2) is 25.6 Å². The molecular formula is C16H24N2O2. The standard InChI is InChI=1S/C16H24N2O2/c1-2-3-9-20-15-6-4-5-13(10-15)11-18-16(19)14-7-8-17-12-14/h4-6,10,14,17H,2-3,7-9,11-12H2,1H3,(H,18,19). The monoisotopic (exact) mass is 276 g/mol. The molecular weight excluding hydrogens is 252 g/mol. The molecule has 1 unspecified atom stereocenters. The molecule has 1 saturated heterocycles. The molecule has 1 heterocycles. The summed E-state index contributed by atoms with van der Waals surface area (Å²) < 4.78 is 5.67. The lowest BCUT2D eigenvalue weighted by molar-refractivity contribution is -0.124. The van der Waals surface area contributed by atoms with Crippen LogP contribution in [0.2, 0.25) is 0 Å². The van der Waals surface area contributed by atoms with Crippen molar-refractivity contribution in [1.29, 1.82) is 0 Å². The Morgan fingerprint density at radius 3 is 3.15 bits per heavy atom. The van der Waals surface area contributed by atoms with Crippen LogP contribution in [0.5, 0.6) is 5.75 Å². The Labute approximate surface area is 120 Å². The fraction of sp³-hybridized carbons (Fsp3) is 0.562. The van der Waals surface area contributed by atoms with Gasteiger partial charge in [-0.25, -0.2) is 0 Å². The second kappa shape index (κ2) is 7.90. The number of carbonyl (C=O) groups is 1. The summed E-state index contributed by atoms with van der Waals surface area (Å²) in [7, 11) is 0. The van der Waals surface area contributed by atoms with Gasteiger partial charge < -0.3 is 15.4 Å². The summed E-state index contributed by atoms with van der Waals surface area (Å²) in [4.78, 5) is 11.9. The minimum atomic E-state index is 0.124. The van der Waals surface area contributed by atoms with Crippen molar-refractivity contribution in [3.63, 3.8) is 0 Å². The molecule has 4 heteroatoms. The zero-order chi connectivity index (χ0) is 14.2. The normalized spacial score (nSPS) is 17.9. The lowest BCUT2D eigenvalue weighted by Gasteiger charge is -2.11. The van der Waals surface area contributed by atoms with Gasteiger partial charge in [0, 0.05) is 13.1 Å². The van der Waals surface area contributed by atoms with E-state index < -0.39 is 0 Å². The zero-order valence-corrected chi connectivity index (χ0v) is 12.2. The quantitative estimate of drug-likeness (QED) is 0.750. The number of nitrogens with one attached hydrogen (secondary N) is 2. The molecule has 1 amide bonds. The first kappa shape index (κ1) is 14.9. The highest BCUT2D eigenvalue weighted by atomic mass is 16.5. The molecule has 0 aromatic heterocycles. The molecule has 2 N–H and O–H groups in total. The minimum Gasteiger partial charge on any atom is -0.494 e. The van der Waals surface area contributed by atoms with Gasteiger partial charge in [-0.15, -0.1) is 0 Å². The Hall–Kier alpha value is -1.55. The molecule has 0 bridgehead atoms. The number of ether oxygens (including phenoxy) is 1. The van der Waals surface area contributed by atoms with E-state index in [4.69, 9.17) is 4.74 Å². The molecule has 1 aromatic rings. The van der Waals surface area contributed by atoms with Crippen molar-refractivity contribution >= 4 is 5.91 Å². The smallest absolute Gasteiger partial charge is 0.224 e. The third-order valence-corrected chi connectivity index (χ3v) is 3.56. The topological polar surface area (TPSA) is 50.4 Å². The summed E-state index contributed by atoms with van der Waals surface area (Å²) in [6.45, 7) is 5.21. The van der Waals surface area contributed by atoms with Crippen LogP contribution in [0, 0.1) is 5.92 Å². The highest BCUT2D eigenvalue weighted by Gasteiger charge is 2.21. The Morgan fingerprint density at radius 2 is 2.40 bits per heavy atom. The second-order valence-electron chi connectivity index (χ2n) is 5.26. The summed E-state index contributed by atoms with van der Waals surface area (Å²) in [5.41, 5.74) is 1.08. The highest BCUT2D eigenvalue weighted by molar-refractivity contribution is 5.79.